The lowest BCUT2D eigenvalue weighted by molar-refractivity contribution is -0.149. The van der Waals surface area contributed by atoms with Crippen LogP contribution in [0.15, 0.2) is 30.5 Å². The van der Waals surface area contributed by atoms with Crippen LogP contribution in [0, 0.1) is 0 Å². The number of carbonyl (C=O) groups excluding carboxylic acids is 1. The highest BCUT2D eigenvalue weighted by Crippen LogP contribution is 2.38. The molecule has 1 aromatic carbocycles. The van der Waals surface area contributed by atoms with Gasteiger partial charge in [-0.2, -0.15) is 0 Å². The van der Waals surface area contributed by atoms with E-state index >= 15 is 0 Å². The second kappa shape index (κ2) is 7.24. The summed E-state index contributed by atoms with van der Waals surface area (Å²) < 4.78 is 12.4. The first-order valence-corrected chi connectivity index (χ1v) is 11.5. The first kappa shape index (κ1) is 20.2. The van der Waals surface area contributed by atoms with Crippen molar-refractivity contribution in [2.24, 2.45) is 0 Å². The van der Waals surface area contributed by atoms with Gasteiger partial charge in [-0.15, -0.1) is 0 Å². The van der Waals surface area contributed by atoms with Crippen molar-refractivity contribution in [1.29, 1.82) is 0 Å². The van der Waals surface area contributed by atoms with Gasteiger partial charge in [0.05, 0.1) is 12.6 Å². The highest BCUT2D eigenvalue weighted by molar-refractivity contribution is 6.74. The molecule has 2 aromatic rings. The summed E-state index contributed by atoms with van der Waals surface area (Å²) in [5.41, 5.74) is 1.34. The number of rotatable bonds is 5. The fourth-order valence-electron chi connectivity index (χ4n) is 2.61. The van der Waals surface area contributed by atoms with Crippen molar-refractivity contribution in [3.05, 3.63) is 36.0 Å². The lowest BCUT2D eigenvalue weighted by Crippen LogP contribution is -2.47. The molecule has 0 bridgehead atoms. The number of hydrogen-bond donors (Lipinski definition) is 1. The zero-order chi connectivity index (χ0) is 19.7. The number of fused-ring (bicyclic) bond motifs is 1. The van der Waals surface area contributed by atoms with Crippen LogP contribution in [0.1, 0.15) is 26.3 Å². The Hall–Kier alpha value is -2.12. The Morgan fingerprint density at radius 2 is 1.85 bits per heavy atom. The van der Waals surface area contributed by atoms with E-state index in [1.54, 1.807) is 18.3 Å². The van der Waals surface area contributed by atoms with Crippen molar-refractivity contribution in [2.45, 2.75) is 51.4 Å². The largest absolute Gasteiger partial charge is 0.467 e. The number of para-hydroxylation sites is 1. The summed E-state index contributed by atoms with van der Waals surface area (Å²) >= 11 is 0. The quantitative estimate of drug-likeness (QED) is 0.622. The lowest BCUT2D eigenvalue weighted by Gasteiger charge is -2.38. The van der Waals surface area contributed by atoms with Gasteiger partial charge in [-0.1, -0.05) is 39.0 Å². The third-order valence-electron chi connectivity index (χ3n) is 5.11. The third-order valence-corrected chi connectivity index (χ3v) is 9.60. The second-order valence-corrected chi connectivity index (χ2v) is 12.7. The van der Waals surface area contributed by atoms with Gasteiger partial charge in [-0.25, -0.2) is 9.59 Å². The highest BCUT2D eigenvalue weighted by Gasteiger charge is 2.41. The molecule has 1 N–H and O–H groups in total. The van der Waals surface area contributed by atoms with Crippen LogP contribution in [0.2, 0.25) is 18.1 Å². The number of methoxy groups -OCH3 is 1. The summed E-state index contributed by atoms with van der Waals surface area (Å²) in [4.78, 5) is 23.9. The Morgan fingerprint density at radius 3 is 2.38 bits per heavy atom. The van der Waals surface area contributed by atoms with Crippen LogP contribution in [-0.2, 0) is 20.4 Å². The van der Waals surface area contributed by atoms with E-state index in [2.05, 4.69) is 33.9 Å². The summed E-state index contributed by atoms with van der Waals surface area (Å²) in [6.45, 7) is 10.4. The normalized spacial score (nSPS) is 13.6. The van der Waals surface area contributed by atoms with Gasteiger partial charge < -0.3 is 14.3 Å². The molecule has 1 aromatic heterocycles. The maximum atomic E-state index is 12.3. The minimum Gasteiger partial charge on any atom is -0.467 e. The number of ether oxygens (including phenoxy) is 1. The van der Waals surface area contributed by atoms with E-state index in [0.717, 1.165) is 10.9 Å². The molecule has 0 saturated carbocycles. The molecule has 1 unspecified atom stereocenters. The molecule has 0 aliphatic carbocycles. The number of carboxylic acid groups (broad SMARTS) is 1. The van der Waals surface area contributed by atoms with Gasteiger partial charge in [0.2, 0.25) is 0 Å². The topological polar surface area (TPSA) is 77.8 Å². The molecule has 7 heteroatoms. The Morgan fingerprint density at radius 1 is 1.23 bits per heavy atom. The number of hydrogen-bond acceptors (Lipinski definition) is 4. The maximum absolute atomic E-state index is 12.3. The zero-order valence-corrected chi connectivity index (χ0v) is 17.2. The highest BCUT2D eigenvalue weighted by atomic mass is 28.4. The molecule has 6 nitrogen and oxygen atoms in total. The standard InChI is InChI=1S/C19H27NO5Si/c1-19(2,3)26(5,6)25-16(17(21)24-4)11-13-12-20(18(22)23)15-10-8-7-9-14(13)15/h7-10,12,16H,11H2,1-6H3,(H,22,23). The molecule has 0 aliphatic rings. The van der Waals surface area contributed by atoms with E-state index in [-0.39, 0.29) is 11.5 Å². The molecule has 0 saturated heterocycles. The summed E-state index contributed by atoms with van der Waals surface area (Å²) in [6, 6.07) is 7.23. The second-order valence-electron chi connectivity index (χ2n) is 7.92. The molecule has 2 rings (SSSR count). The Balaban J connectivity index is 2.43. The smallest absolute Gasteiger partial charge is 0.416 e. The van der Waals surface area contributed by atoms with E-state index in [0.29, 0.717) is 5.52 Å². The van der Waals surface area contributed by atoms with Crippen LogP contribution in [0.4, 0.5) is 4.79 Å². The van der Waals surface area contributed by atoms with E-state index in [9.17, 15) is 14.7 Å². The van der Waals surface area contributed by atoms with Gasteiger partial charge in [-0.05, 0) is 29.8 Å². The molecular weight excluding hydrogens is 350 g/mol. The van der Waals surface area contributed by atoms with E-state index in [1.165, 1.54) is 11.7 Å². The van der Waals surface area contributed by atoms with E-state index < -0.39 is 26.5 Å². The number of benzene rings is 1. The van der Waals surface area contributed by atoms with Crippen LogP contribution < -0.4 is 0 Å². The van der Waals surface area contributed by atoms with Crippen LogP contribution >= 0.6 is 0 Å². The Bertz CT molecular complexity index is 819. The minimum atomic E-state index is -2.21. The lowest BCUT2D eigenvalue weighted by atomic mass is 10.1. The molecule has 1 atom stereocenters. The van der Waals surface area contributed by atoms with Crippen LogP contribution in [0.5, 0.6) is 0 Å². The monoisotopic (exact) mass is 377 g/mol. The predicted molar refractivity (Wildman–Crippen MR) is 103 cm³/mol. The number of nitrogens with zero attached hydrogens (tertiary/aromatic N) is 1. The minimum absolute atomic E-state index is 0.0612. The first-order chi connectivity index (χ1) is 12.0. The average Bonchev–Trinajstić information content (AvgIpc) is 2.91. The molecule has 26 heavy (non-hydrogen) atoms. The average molecular weight is 378 g/mol. The van der Waals surface area contributed by atoms with Crippen molar-refractivity contribution >= 4 is 31.3 Å². The van der Waals surface area contributed by atoms with Gasteiger partial charge in [0, 0.05) is 18.0 Å². The van der Waals surface area contributed by atoms with Gasteiger partial charge >= 0.3 is 12.1 Å². The van der Waals surface area contributed by atoms with Crippen molar-refractivity contribution in [2.75, 3.05) is 7.11 Å². The number of esters is 1. The van der Waals surface area contributed by atoms with Crippen molar-refractivity contribution < 1.29 is 23.9 Å². The van der Waals surface area contributed by atoms with E-state index in [4.69, 9.17) is 9.16 Å². The zero-order valence-electron chi connectivity index (χ0n) is 16.2. The maximum Gasteiger partial charge on any atom is 0.416 e. The van der Waals surface area contributed by atoms with Crippen molar-refractivity contribution in [3.63, 3.8) is 0 Å². The fraction of sp³-hybridized carbons (Fsp3) is 0.474. The third kappa shape index (κ3) is 3.99. The van der Waals surface area contributed by atoms with Gasteiger partial charge in [0.15, 0.2) is 8.32 Å². The van der Waals surface area contributed by atoms with Gasteiger partial charge in [0.1, 0.15) is 6.10 Å². The summed E-state index contributed by atoms with van der Waals surface area (Å²) in [6.07, 6.45) is -0.0147. The van der Waals surface area contributed by atoms with Crippen LogP contribution in [0.25, 0.3) is 10.9 Å². The molecule has 0 radical (unpaired) electrons. The van der Waals surface area contributed by atoms with Gasteiger partial charge in [0.25, 0.3) is 0 Å². The Kier molecular flexibility index (Phi) is 5.63. The molecule has 0 fully saturated rings. The summed E-state index contributed by atoms with van der Waals surface area (Å²) in [5.74, 6) is -0.443. The SMILES string of the molecule is COC(=O)C(Cc1cn(C(=O)O)c2ccccc12)O[Si](C)(C)C(C)(C)C. The molecule has 0 amide bonds. The summed E-state index contributed by atoms with van der Waals surface area (Å²) in [7, 11) is -0.869. The first-order valence-electron chi connectivity index (χ1n) is 8.56. The van der Waals surface area contributed by atoms with Crippen molar-refractivity contribution in [1.82, 2.24) is 4.57 Å². The Labute approximate surface area is 154 Å². The molecule has 0 spiro atoms. The predicted octanol–water partition coefficient (Wildman–Crippen LogP) is 4.27. The van der Waals surface area contributed by atoms with Crippen LogP contribution in [0.3, 0.4) is 0 Å². The number of aromatic nitrogens is 1. The number of carbonyl (C=O) groups is 2. The molecular formula is C19H27NO5Si. The molecule has 0 aliphatic heterocycles. The van der Waals surface area contributed by atoms with Gasteiger partial charge in [-0.3, -0.25) is 4.57 Å². The van der Waals surface area contributed by atoms with Crippen LogP contribution in [-0.4, -0.2) is 43.3 Å². The van der Waals surface area contributed by atoms with E-state index in [1.807, 2.05) is 12.1 Å². The molecule has 142 valence electrons. The fourth-order valence-corrected chi connectivity index (χ4v) is 3.85. The van der Waals surface area contributed by atoms with Crippen molar-refractivity contribution in [3.8, 4) is 0 Å². The molecule has 1 heterocycles. The summed E-state index contributed by atoms with van der Waals surface area (Å²) in [5, 5.41) is 10.2.